The van der Waals surface area contributed by atoms with Crippen LogP contribution in [0.4, 0.5) is 0 Å². The van der Waals surface area contributed by atoms with Crippen molar-refractivity contribution in [3.8, 4) is 6.07 Å². The maximum atomic E-state index is 11.3. The van der Waals surface area contributed by atoms with Gasteiger partial charge in [-0.1, -0.05) is 12.1 Å². The molecule has 0 spiro atoms. The van der Waals surface area contributed by atoms with Crippen LogP contribution in [0, 0.1) is 11.3 Å². The van der Waals surface area contributed by atoms with Gasteiger partial charge in [0.2, 0.25) is 0 Å². The monoisotopic (exact) mass is 261 g/mol. The van der Waals surface area contributed by atoms with Crippen molar-refractivity contribution in [3.05, 3.63) is 35.4 Å². The SMILES string of the molecule is COC(=O)c1ccc(C(C#N)NCCN(C)C)cc1. The van der Waals surface area contributed by atoms with Gasteiger partial charge in [-0.15, -0.1) is 0 Å². The summed E-state index contributed by atoms with van der Waals surface area (Å²) in [5.41, 5.74) is 1.32. The topological polar surface area (TPSA) is 65.4 Å². The summed E-state index contributed by atoms with van der Waals surface area (Å²) in [5.74, 6) is -0.374. The largest absolute Gasteiger partial charge is 0.465 e. The molecule has 102 valence electrons. The van der Waals surface area contributed by atoms with Crippen LogP contribution in [-0.4, -0.2) is 45.2 Å². The zero-order chi connectivity index (χ0) is 14.3. The molecule has 0 bridgehead atoms. The molecule has 0 fully saturated rings. The highest BCUT2D eigenvalue weighted by Crippen LogP contribution is 2.13. The van der Waals surface area contributed by atoms with Crippen molar-refractivity contribution in [2.75, 3.05) is 34.3 Å². The van der Waals surface area contributed by atoms with Crippen molar-refractivity contribution >= 4 is 5.97 Å². The number of carbonyl (C=O) groups is 1. The summed E-state index contributed by atoms with van der Waals surface area (Å²) < 4.78 is 4.63. The van der Waals surface area contributed by atoms with Crippen LogP contribution in [0.1, 0.15) is 22.0 Å². The van der Waals surface area contributed by atoms with Gasteiger partial charge >= 0.3 is 5.97 Å². The van der Waals surface area contributed by atoms with E-state index in [0.29, 0.717) is 5.56 Å². The van der Waals surface area contributed by atoms with Crippen LogP contribution < -0.4 is 5.32 Å². The molecule has 5 nitrogen and oxygen atoms in total. The number of hydrogen-bond acceptors (Lipinski definition) is 5. The number of rotatable bonds is 6. The Balaban J connectivity index is 2.67. The van der Waals surface area contributed by atoms with E-state index in [9.17, 15) is 4.79 Å². The Morgan fingerprint density at radius 2 is 2.05 bits per heavy atom. The molecule has 0 aliphatic carbocycles. The number of benzene rings is 1. The van der Waals surface area contributed by atoms with E-state index >= 15 is 0 Å². The molecule has 0 aromatic heterocycles. The first-order valence-electron chi connectivity index (χ1n) is 6.04. The van der Waals surface area contributed by atoms with E-state index in [2.05, 4.69) is 16.1 Å². The second-order valence-corrected chi connectivity index (χ2v) is 4.43. The molecule has 5 heteroatoms. The van der Waals surface area contributed by atoms with Crippen LogP contribution in [0.3, 0.4) is 0 Å². The van der Waals surface area contributed by atoms with Crippen LogP contribution in [0.25, 0.3) is 0 Å². The molecule has 1 aromatic rings. The first-order chi connectivity index (χ1) is 9.08. The Hall–Kier alpha value is -1.90. The third-order valence-corrected chi connectivity index (χ3v) is 2.70. The van der Waals surface area contributed by atoms with Gasteiger partial charge in [0.1, 0.15) is 6.04 Å². The molecule has 0 aliphatic rings. The summed E-state index contributed by atoms with van der Waals surface area (Å²) in [5, 5.41) is 12.3. The second-order valence-electron chi connectivity index (χ2n) is 4.43. The molecule has 0 amide bonds. The van der Waals surface area contributed by atoms with Crippen LogP contribution in [-0.2, 0) is 4.74 Å². The summed E-state index contributed by atoms with van der Waals surface area (Å²) in [4.78, 5) is 13.3. The fourth-order valence-electron chi connectivity index (χ4n) is 1.60. The minimum atomic E-state index is -0.374. The number of hydrogen-bond donors (Lipinski definition) is 1. The number of nitrogens with zero attached hydrogens (tertiary/aromatic N) is 2. The smallest absolute Gasteiger partial charge is 0.337 e. The van der Waals surface area contributed by atoms with Crippen molar-refractivity contribution in [1.29, 1.82) is 5.26 Å². The molecule has 1 N–H and O–H groups in total. The first-order valence-corrected chi connectivity index (χ1v) is 6.04. The van der Waals surface area contributed by atoms with Crippen LogP contribution in [0.2, 0.25) is 0 Å². The molecule has 19 heavy (non-hydrogen) atoms. The third-order valence-electron chi connectivity index (χ3n) is 2.70. The highest BCUT2D eigenvalue weighted by Gasteiger charge is 2.11. The Morgan fingerprint density at radius 3 is 2.53 bits per heavy atom. The molecule has 0 saturated carbocycles. The molecular formula is C14H19N3O2. The van der Waals surface area contributed by atoms with E-state index < -0.39 is 0 Å². The van der Waals surface area contributed by atoms with E-state index in [1.54, 1.807) is 24.3 Å². The number of likely N-dealkylation sites (N-methyl/N-ethyl adjacent to an activating group) is 1. The predicted octanol–water partition coefficient (Wildman–Crippen LogP) is 1.19. The summed E-state index contributed by atoms with van der Waals surface area (Å²) in [6.45, 7) is 1.59. The fourth-order valence-corrected chi connectivity index (χ4v) is 1.60. The van der Waals surface area contributed by atoms with Gasteiger partial charge in [0.05, 0.1) is 18.7 Å². The lowest BCUT2D eigenvalue weighted by atomic mass is 10.1. The normalized spacial score (nSPS) is 11.9. The average molecular weight is 261 g/mol. The van der Waals surface area contributed by atoms with Gasteiger partial charge in [-0.05, 0) is 31.8 Å². The molecule has 0 aliphatic heterocycles. The number of nitrogens with one attached hydrogen (secondary N) is 1. The lowest BCUT2D eigenvalue weighted by Crippen LogP contribution is -2.29. The number of ether oxygens (including phenoxy) is 1. The maximum absolute atomic E-state index is 11.3. The standard InChI is InChI=1S/C14H19N3O2/c1-17(2)9-8-16-13(10-15)11-4-6-12(7-5-11)14(18)19-3/h4-7,13,16H,8-9H2,1-3H3. The van der Waals surface area contributed by atoms with E-state index in [4.69, 9.17) is 5.26 Å². The van der Waals surface area contributed by atoms with Gasteiger partial charge in [0, 0.05) is 13.1 Å². The molecule has 1 rings (SSSR count). The number of methoxy groups -OCH3 is 1. The average Bonchev–Trinajstić information content (AvgIpc) is 2.43. The number of esters is 1. The molecule has 1 aromatic carbocycles. The van der Waals surface area contributed by atoms with Crippen molar-refractivity contribution in [1.82, 2.24) is 10.2 Å². The van der Waals surface area contributed by atoms with E-state index in [-0.39, 0.29) is 12.0 Å². The zero-order valence-corrected chi connectivity index (χ0v) is 11.5. The van der Waals surface area contributed by atoms with Crippen molar-refractivity contribution < 1.29 is 9.53 Å². The van der Waals surface area contributed by atoms with E-state index in [0.717, 1.165) is 18.7 Å². The summed E-state index contributed by atoms with van der Waals surface area (Å²) in [6.07, 6.45) is 0. The maximum Gasteiger partial charge on any atom is 0.337 e. The predicted molar refractivity (Wildman–Crippen MR) is 72.7 cm³/mol. The van der Waals surface area contributed by atoms with Crippen LogP contribution >= 0.6 is 0 Å². The van der Waals surface area contributed by atoms with Gasteiger partial charge < -0.3 is 9.64 Å². The molecule has 0 radical (unpaired) electrons. The minimum absolute atomic E-state index is 0.369. The molecule has 1 unspecified atom stereocenters. The van der Waals surface area contributed by atoms with Crippen molar-refractivity contribution in [3.63, 3.8) is 0 Å². The lowest BCUT2D eigenvalue weighted by Gasteiger charge is -2.14. The van der Waals surface area contributed by atoms with Gasteiger partial charge in [0.15, 0.2) is 0 Å². The number of carbonyl (C=O) groups excluding carboxylic acids is 1. The fraction of sp³-hybridized carbons (Fsp3) is 0.429. The summed E-state index contributed by atoms with van der Waals surface area (Å²) >= 11 is 0. The van der Waals surface area contributed by atoms with E-state index in [1.165, 1.54) is 7.11 Å². The summed E-state index contributed by atoms with van der Waals surface area (Å²) in [7, 11) is 5.31. The second kappa shape index (κ2) is 7.52. The Bertz CT molecular complexity index is 449. The van der Waals surface area contributed by atoms with E-state index in [1.807, 2.05) is 19.0 Å². The van der Waals surface area contributed by atoms with Gasteiger partial charge in [-0.3, -0.25) is 5.32 Å². The molecule has 0 saturated heterocycles. The highest BCUT2D eigenvalue weighted by molar-refractivity contribution is 5.89. The quantitative estimate of drug-likeness (QED) is 0.779. The zero-order valence-electron chi connectivity index (χ0n) is 11.5. The van der Waals surface area contributed by atoms with Gasteiger partial charge in [0.25, 0.3) is 0 Å². The Kier molecular flexibility index (Phi) is 6.00. The van der Waals surface area contributed by atoms with Gasteiger partial charge in [-0.25, -0.2) is 4.79 Å². The molecular weight excluding hydrogens is 242 g/mol. The minimum Gasteiger partial charge on any atom is -0.465 e. The third kappa shape index (κ3) is 4.70. The van der Waals surface area contributed by atoms with Gasteiger partial charge in [-0.2, -0.15) is 5.26 Å². The van der Waals surface area contributed by atoms with Crippen molar-refractivity contribution in [2.45, 2.75) is 6.04 Å². The van der Waals surface area contributed by atoms with Crippen LogP contribution in [0.5, 0.6) is 0 Å². The molecule has 1 atom stereocenters. The Morgan fingerprint density at radius 1 is 1.42 bits per heavy atom. The Labute approximate surface area is 113 Å². The summed E-state index contributed by atoms with van der Waals surface area (Å²) in [6, 6.07) is 8.71. The lowest BCUT2D eigenvalue weighted by molar-refractivity contribution is 0.0600. The molecule has 0 heterocycles. The van der Waals surface area contributed by atoms with Crippen LogP contribution in [0.15, 0.2) is 24.3 Å². The van der Waals surface area contributed by atoms with Crippen molar-refractivity contribution in [2.24, 2.45) is 0 Å². The first kappa shape index (κ1) is 15.2. The number of nitriles is 1. The highest BCUT2D eigenvalue weighted by atomic mass is 16.5.